The lowest BCUT2D eigenvalue weighted by Gasteiger charge is -2.11. The molecular formula is C17H29IN4O3S. The fourth-order valence-electron chi connectivity index (χ4n) is 2.21. The van der Waals surface area contributed by atoms with E-state index >= 15 is 0 Å². The molecule has 1 aliphatic rings. The van der Waals surface area contributed by atoms with Crippen LogP contribution in [0.25, 0.3) is 0 Å². The van der Waals surface area contributed by atoms with E-state index in [4.69, 9.17) is 9.88 Å². The monoisotopic (exact) mass is 496 g/mol. The normalized spacial score (nSPS) is 14.6. The second-order valence-corrected chi connectivity index (χ2v) is 7.74. The summed E-state index contributed by atoms with van der Waals surface area (Å²) in [6.07, 6.45) is 3.56. The van der Waals surface area contributed by atoms with Crippen molar-refractivity contribution in [2.75, 3.05) is 26.3 Å². The summed E-state index contributed by atoms with van der Waals surface area (Å²) < 4.78 is 28.1. The highest BCUT2D eigenvalue weighted by Gasteiger charge is 2.20. The van der Waals surface area contributed by atoms with Gasteiger partial charge in [0.05, 0.1) is 11.4 Å². The van der Waals surface area contributed by atoms with Crippen LogP contribution in [0, 0.1) is 5.92 Å². The van der Waals surface area contributed by atoms with E-state index in [0.717, 1.165) is 50.2 Å². The van der Waals surface area contributed by atoms with Crippen LogP contribution in [-0.4, -0.2) is 40.7 Å². The summed E-state index contributed by atoms with van der Waals surface area (Å²) in [5, 5.41) is 11.6. The van der Waals surface area contributed by atoms with Gasteiger partial charge in [0.25, 0.3) is 0 Å². The zero-order valence-electron chi connectivity index (χ0n) is 15.1. The molecule has 2 rings (SSSR count). The number of sulfonamides is 1. The number of hydrogen-bond acceptors (Lipinski definition) is 4. The Hall–Kier alpha value is -0.910. The lowest BCUT2D eigenvalue weighted by Crippen LogP contribution is -2.38. The van der Waals surface area contributed by atoms with Gasteiger partial charge in [-0.25, -0.2) is 18.5 Å². The van der Waals surface area contributed by atoms with Crippen molar-refractivity contribution in [2.45, 2.75) is 37.6 Å². The van der Waals surface area contributed by atoms with Crippen molar-refractivity contribution in [1.29, 1.82) is 0 Å². The van der Waals surface area contributed by atoms with Crippen LogP contribution in [0.5, 0.6) is 0 Å². The van der Waals surface area contributed by atoms with E-state index in [1.807, 2.05) is 6.92 Å². The maximum atomic E-state index is 11.2. The topological polar surface area (TPSA) is 106 Å². The Balaban J connectivity index is 0.00000338. The molecule has 0 aromatic heterocycles. The molecule has 4 N–H and O–H groups in total. The molecule has 1 aliphatic carbocycles. The van der Waals surface area contributed by atoms with Crippen LogP contribution in [0.4, 0.5) is 0 Å². The third-order valence-corrected chi connectivity index (χ3v) is 4.75. The van der Waals surface area contributed by atoms with Gasteiger partial charge in [-0.15, -0.1) is 24.0 Å². The number of benzene rings is 1. The molecule has 0 radical (unpaired) electrons. The number of rotatable bonds is 10. The Labute approximate surface area is 173 Å². The molecule has 0 amide bonds. The number of hydrogen-bond donors (Lipinski definition) is 3. The second-order valence-electron chi connectivity index (χ2n) is 6.18. The highest BCUT2D eigenvalue weighted by Crippen LogP contribution is 2.28. The Bertz CT molecular complexity index is 661. The molecule has 0 heterocycles. The average molecular weight is 496 g/mol. The molecule has 26 heavy (non-hydrogen) atoms. The van der Waals surface area contributed by atoms with Gasteiger partial charge in [0.1, 0.15) is 0 Å². The van der Waals surface area contributed by atoms with Crippen LogP contribution >= 0.6 is 24.0 Å². The van der Waals surface area contributed by atoms with Gasteiger partial charge in [-0.05, 0) is 49.8 Å². The van der Waals surface area contributed by atoms with E-state index in [1.165, 1.54) is 25.0 Å². The number of guanidine groups is 1. The zero-order chi connectivity index (χ0) is 18.1. The van der Waals surface area contributed by atoms with E-state index in [9.17, 15) is 8.42 Å². The number of ether oxygens (including phenoxy) is 1. The van der Waals surface area contributed by atoms with E-state index in [0.29, 0.717) is 6.54 Å². The van der Waals surface area contributed by atoms with Crippen molar-refractivity contribution >= 4 is 40.0 Å². The van der Waals surface area contributed by atoms with Crippen molar-refractivity contribution in [3.05, 3.63) is 29.8 Å². The minimum Gasteiger partial charge on any atom is -0.381 e. The summed E-state index contributed by atoms with van der Waals surface area (Å²) in [7, 11) is -3.65. The van der Waals surface area contributed by atoms with E-state index < -0.39 is 10.0 Å². The van der Waals surface area contributed by atoms with Crippen LogP contribution in [0.2, 0.25) is 0 Å². The average Bonchev–Trinajstić information content (AvgIpc) is 3.39. The minimum absolute atomic E-state index is 0. The Kier molecular flexibility index (Phi) is 10.4. The number of halogens is 1. The van der Waals surface area contributed by atoms with Gasteiger partial charge in [-0.3, -0.25) is 0 Å². The maximum absolute atomic E-state index is 11.2. The van der Waals surface area contributed by atoms with Crippen LogP contribution in [0.1, 0.15) is 31.7 Å². The smallest absolute Gasteiger partial charge is 0.238 e. The Morgan fingerprint density at radius 3 is 2.54 bits per heavy atom. The van der Waals surface area contributed by atoms with Gasteiger partial charge in [0.2, 0.25) is 10.0 Å². The third kappa shape index (κ3) is 9.15. The van der Waals surface area contributed by atoms with E-state index in [2.05, 4.69) is 15.6 Å². The first-order valence-electron chi connectivity index (χ1n) is 8.70. The largest absolute Gasteiger partial charge is 0.381 e. The molecule has 1 aromatic rings. The van der Waals surface area contributed by atoms with Crippen molar-refractivity contribution in [1.82, 2.24) is 10.6 Å². The van der Waals surface area contributed by atoms with Gasteiger partial charge in [-0.2, -0.15) is 0 Å². The summed E-state index contributed by atoms with van der Waals surface area (Å²) in [5.41, 5.74) is 0.914. The lowest BCUT2D eigenvalue weighted by molar-refractivity contribution is 0.123. The fourth-order valence-corrected chi connectivity index (χ4v) is 2.73. The molecule has 0 saturated heterocycles. The molecule has 0 bridgehead atoms. The van der Waals surface area contributed by atoms with Gasteiger partial charge >= 0.3 is 0 Å². The predicted octanol–water partition coefficient (Wildman–Crippen LogP) is 1.82. The van der Waals surface area contributed by atoms with Gasteiger partial charge in [0, 0.05) is 26.3 Å². The first-order valence-corrected chi connectivity index (χ1v) is 10.3. The predicted molar refractivity (Wildman–Crippen MR) is 114 cm³/mol. The number of nitrogens with one attached hydrogen (secondary N) is 2. The molecule has 9 heteroatoms. The van der Waals surface area contributed by atoms with Crippen LogP contribution in [0.15, 0.2) is 34.2 Å². The molecule has 0 unspecified atom stereocenters. The molecular weight excluding hydrogens is 467 g/mol. The van der Waals surface area contributed by atoms with Crippen LogP contribution < -0.4 is 15.8 Å². The molecule has 0 spiro atoms. The Morgan fingerprint density at radius 2 is 1.96 bits per heavy atom. The Morgan fingerprint density at radius 1 is 1.27 bits per heavy atom. The molecule has 1 fully saturated rings. The van der Waals surface area contributed by atoms with Crippen molar-refractivity contribution in [3.63, 3.8) is 0 Å². The number of primary sulfonamides is 1. The summed E-state index contributed by atoms with van der Waals surface area (Å²) in [6.45, 7) is 5.69. The maximum Gasteiger partial charge on any atom is 0.238 e. The van der Waals surface area contributed by atoms with Crippen molar-refractivity contribution in [2.24, 2.45) is 16.0 Å². The SMILES string of the molecule is CCNC(=NCc1ccc(S(N)(=O)=O)cc1)NCCCOCC1CC1.I. The number of aliphatic imine (C=N–C) groups is 1. The van der Waals surface area contributed by atoms with Crippen molar-refractivity contribution in [3.8, 4) is 0 Å². The number of nitrogens with two attached hydrogens (primary N) is 1. The number of nitrogens with zero attached hydrogens (tertiary/aromatic N) is 1. The molecule has 0 atom stereocenters. The highest BCUT2D eigenvalue weighted by atomic mass is 127. The third-order valence-electron chi connectivity index (χ3n) is 3.82. The highest BCUT2D eigenvalue weighted by molar-refractivity contribution is 14.0. The summed E-state index contributed by atoms with van der Waals surface area (Å²) in [6, 6.07) is 6.44. The second kappa shape index (κ2) is 11.7. The summed E-state index contributed by atoms with van der Waals surface area (Å²) in [5.74, 6) is 1.53. The minimum atomic E-state index is -3.65. The van der Waals surface area contributed by atoms with E-state index in [1.54, 1.807) is 12.1 Å². The van der Waals surface area contributed by atoms with Crippen molar-refractivity contribution < 1.29 is 13.2 Å². The van der Waals surface area contributed by atoms with Gasteiger partial charge in [-0.1, -0.05) is 12.1 Å². The molecule has 1 aromatic carbocycles. The van der Waals surface area contributed by atoms with Crippen LogP contribution in [-0.2, 0) is 21.3 Å². The first-order chi connectivity index (χ1) is 12.0. The molecule has 7 nitrogen and oxygen atoms in total. The molecule has 148 valence electrons. The summed E-state index contributed by atoms with van der Waals surface area (Å²) >= 11 is 0. The first kappa shape index (κ1) is 23.1. The van der Waals surface area contributed by atoms with Gasteiger partial charge < -0.3 is 15.4 Å². The van der Waals surface area contributed by atoms with Crippen LogP contribution in [0.3, 0.4) is 0 Å². The standard InChI is InChI=1S/C17H28N4O3S.HI/c1-2-19-17(20-10-3-11-24-13-15-4-5-15)21-12-14-6-8-16(9-7-14)25(18,22)23;/h6-9,15H,2-5,10-13H2,1H3,(H2,18,22,23)(H2,19,20,21);1H. The molecule has 1 saturated carbocycles. The van der Waals surface area contributed by atoms with Gasteiger partial charge in [0.15, 0.2) is 5.96 Å². The van der Waals surface area contributed by atoms with E-state index in [-0.39, 0.29) is 28.9 Å². The quantitative estimate of drug-likeness (QED) is 0.198. The fraction of sp³-hybridized carbons (Fsp3) is 0.588. The lowest BCUT2D eigenvalue weighted by atomic mass is 10.2. The zero-order valence-corrected chi connectivity index (χ0v) is 18.3. The molecule has 0 aliphatic heterocycles. The summed E-state index contributed by atoms with van der Waals surface area (Å²) in [4.78, 5) is 4.61.